The normalized spacial score (nSPS) is 16.8. The Morgan fingerprint density at radius 2 is 1.85 bits per heavy atom. The molecule has 5 heteroatoms. The standard InChI is InChI=1S/C21H23BrN2O2/c1-23(13-7-10-16-8-3-2-4-9-16)21(26)17-14-20(25)24(15-17)19-12-6-5-11-18(19)22/h2-6,8-9,11-12,17H,7,10,13-15H2,1H3. The van der Waals surface area contributed by atoms with E-state index in [4.69, 9.17) is 0 Å². The van der Waals surface area contributed by atoms with Crippen molar-refractivity contribution in [1.29, 1.82) is 0 Å². The number of halogens is 1. The first-order chi connectivity index (χ1) is 12.6. The third kappa shape index (κ3) is 4.33. The molecule has 0 bridgehead atoms. The van der Waals surface area contributed by atoms with Crippen LogP contribution in [0.15, 0.2) is 59.1 Å². The summed E-state index contributed by atoms with van der Waals surface area (Å²) in [6, 6.07) is 17.9. The maximum atomic E-state index is 12.7. The second kappa shape index (κ2) is 8.49. The SMILES string of the molecule is CN(CCCc1ccccc1)C(=O)C1CC(=O)N(c2ccccc2Br)C1. The van der Waals surface area contributed by atoms with Crippen LogP contribution in [0.1, 0.15) is 18.4 Å². The molecule has 0 radical (unpaired) electrons. The number of carbonyl (C=O) groups is 2. The van der Waals surface area contributed by atoms with E-state index in [1.807, 2.05) is 49.5 Å². The molecule has 2 aromatic carbocycles. The number of hydrogen-bond acceptors (Lipinski definition) is 2. The zero-order valence-electron chi connectivity index (χ0n) is 14.9. The summed E-state index contributed by atoms with van der Waals surface area (Å²) in [4.78, 5) is 28.6. The second-order valence-corrected chi connectivity index (χ2v) is 7.56. The molecule has 1 aliphatic heterocycles. The van der Waals surface area contributed by atoms with Crippen molar-refractivity contribution in [2.45, 2.75) is 19.3 Å². The van der Waals surface area contributed by atoms with Crippen LogP contribution in [-0.4, -0.2) is 36.9 Å². The highest BCUT2D eigenvalue weighted by molar-refractivity contribution is 9.10. The van der Waals surface area contributed by atoms with Gasteiger partial charge in [-0.15, -0.1) is 0 Å². The highest BCUT2D eigenvalue weighted by atomic mass is 79.9. The third-order valence-corrected chi connectivity index (χ3v) is 5.47. The minimum absolute atomic E-state index is 0.00735. The van der Waals surface area contributed by atoms with Crippen LogP contribution >= 0.6 is 15.9 Å². The lowest BCUT2D eigenvalue weighted by atomic mass is 10.1. The molecule has 2 amide bonds. The van der Waals surface area contributed by atoms with E-state index in [2.05, 4.69) is 28.1 Å². The van der Waals surface area contributed by atoms with Crippen molar-refractivity contribution < 1.29 is 9.59 Å². The Hall–Kier alpha value is -2.14. The van der Waals surface area contributed by atoms with Gasteiger partial charge in [0.05, 0.1) is 11.6 Å². The fourth-order valence-electron chi connectivity index (χ4n) is 3.36. The first-order valence-electron chi connectivity index (χ1n) is 8.90. The topological polar surface area (TPSA) is 40.6 Å². The van der Waals surface area contributed by atoms with Crippen molar-refractivity contribution in [2.24, 2.45) is 5.92 Å². The van der Waals surface area contributed by atoms with E-state index in [1.165, 1.54) is 5.56 Å². The van der Waals surface area contributed by atoms with Gasteiger partial charge in [0.1, 0.15) is 0 Å². The van der Waals surface area contributed by atoms with E-state index in [0.29, 0.717) is 13.1 Å². The van der Waals surface area contributed by atoms with Crippen LogP contribution < -0.4 is 4.90 Å². The summed E-state index contributed by atoms with van der Waals surface area (Å²) in [7, 11) is 1.83. The lowest BCUT2D eigenvalue weighted by molar-refractivity contribution is -0.134. The number of benzene rings is 2. The van der Waals surface area contributed by atoms with Crippen molar-refractivity contribution in [1.82, 2.24) is 4.90 Å². The Kier molecular flexibility index (Phi) is 6.09. The van der Waals surface area contributed by atoms with Gasteiger partial charge in [0.25, 0.3) is 0 Å². The zero-order chi connectivity index (χ0) is 18.5. The minimum Gasteiger partial charge on any atom is -0.345 e. The molecule has 1 saturated heterocycles. The van der Waals surface area contributed by atoms with Crippen LogP contribution in [0.3, 0.4) is 0 Å². The van der Waals surface area contributed by atoms with Gasteiger partial charge in [-0.1, -0.05) is 42.5 Å². The molecule has 1 heterocycles. The van der Waals surface area contributed by atoms with Crippen molar-refractivity contribution in [3.05, 3.63) is 64.6 Å². The summed E-state index contributed by atoms with van der Waals surface area (Å²) in [6.45, 7) is 1.15. The molecule has 0 aromatic heterocycles. The second-order valence-electron chi connectivity index (χ2n) is 6.71. The number of anilines is 1. The van der Waals surface area contributed by atoms with Crippen LogP contribution in [0, 0.1) is 5.92 Å². The van der Waals surface area contributed by atoms with Crippen molar-refractivity contribution in [3.63, 3.8) is 0 Å². The summed E-state index contributed by atoms with van der Waals surface area (Å²) < 4.78 is 0.873. The number of para-hydroxylation sites is 1. The Morgan fingerprint density at radius 1 is 1.15 bits per heavy atom. The van der Waals surface area contributed by atoms with Crippen molar-refractivity contribution in [2.75, 3.05) is 25.0 Å². The van der Waals surface area contributed by atoms with Crippen molar-refractivity contribution in [3.8, 4) is 0 Å². The maximum absolute atomic E-state index is 12.7. The van der Waals surface area contributed by atoms with Gasteiger partial charge in [-0.2, -0.15) is 0 Å². The number of carbonyl (C=O) groups excluding carboxylic acids is 2. The highest BCUT2D eigenvalue weighted by Gasteiger charge is 2.36. The molecule has 0 saturated carbocycles. The van der Waals surface area contributed by atoms with Gasteiger partial charge in [0.15, 0.2) is 0 Å². The van der Waals surface area contributed by atoms with Gasteiger partial charge in [-0.3, -0.25) is 9.59 Å². The molecule has 1 aliphatic rings. The number of rotatable bonds is 6. The molecule has 1 fully saturated rings. The Labute approximate surface area is 162 Å². The molecule has 0 N–H and O–H groups in total. The molecule has 0 spiro atoms. The van der Waals surface area contributed by atoms with E-state index in [9.17, 15) is 9.59 Å². The van der Waals surface area contributed by atoms with Crippen LogP contribution in [-0.2, 0) is 16.0 Å². The Balaban J connectivity index is 1.55. The molecular formula is C21H23BrN2O2. The van der Waals surface area contributed by atoms with Crippen LogP contribution in [0.5, 0.6) is 0 Å². The summed E-state index contributed by atoms with van der Waals surface area (Å²) in [5, 5.41) is 0. The quantitative estimate of drug-likeness (QED) is 0.718. The zero-order valence-corrected chi connectivity index (χ0v) is 16.5. The summed E-state index contributed by atoms with van der Waals surface area (Å²) in [6.07, 6.45) is 2.15. The van der Waals surface area contributed by atoms with Crippen LogP contribution in [0.4, 0.5) is 5.69 Å². The van der Waals surface area contributed by atoms with E-state index in [1.54, 1.807) is 9.80 Å². The smallest absolute Gasteiger partial charge is 0.227 e. The number of amides is 2. The Morgan fingerprint density at radius 3 is 2.58 bits per heavy atom. The van der Waals surface area contributed by atoms with Crippen LogP contribution in [0.25, 0.3) is 0 Å². The first kappa shape index (κ1) is 18.6. The largest absolute Gasteiger partial charge is 0.345 e. The molecule has 136 valence electrons. The molecule has 26 heavy (non-hydrogen) atoms. The van der Waals surface area contributed by atoms with Crippen LogP contribution in [0.2, 0.25) is 0 Å². The molecule has 1 unspecified atom stereocenters. The van der Waals surface area contributed by atoms with Gasteiger partial charge in [0.2, 0.25) is 11.8 Å². The molecule has 2 aromatic rings. The average molecular weight is 415 g/mol. The van der Waals surface area contributed by atoms with Crippen molar-refractivity contribution >= 4 is 33.4 Å². The molecule has 4 nitrogen and oxygen atoms in total. The molecule has 3 rings (SSSR count). The van der Waals surface area contributed by atoms with E-state index < -0.39 is 0 Å². The summed E-state index contributed by atoms with van der Waals surface area (Å²) >= 11 is 3.49. The summed E-state index contributed by atoms with van der Waals surface area (Å²) in [5.41, 5.74) is 2.11. The third-order valence-electron chi connectivity index (χ3n) is 4.80. The number of hydrogen-bond donors (Lipinski definition) is 0. The van der Waals surface area contributed by atoms with Gasteiger partial charge >= 0.3 is 0 Å². The summed E-state index contributed by atoms with van der Waals surface area (Å²) in [5.74, 6) is -0.203. The molecule has 1 atom stereocenters. The highest BCUT2D eigenvalue weighted by Crippen LogP contribution is 2.31. The molecule has 0 aliphatic carbocycles. The monoisotopic (exact) mass is 414 g/mol. The van der Waals surface area contributed by atoms with E-state index >= 15 is 0 Å². The van der Waals surface area contributed by atoms with E-state index in [0.717, 1.165) is 23.0 Å². The molecular weight excluding hydrogens is 392 g/mol. The predicted molar refractivity (Wildman–Crippen MR) is 107 cm³/mol. The number of nitrogens with zero attached hydrogens (tertiary/aromatic N) is 2. The van der Waals surface area contributed by atoms with E-state index in [-0.39, 0.29) is 24.2 Å². The fraction of sp³-hybridized carbons (Fsp3) is 0.333. The minimum atomic E-state index is -0.267. The average Bonchev–Trinajstić information content (AvgIpc) is 3.04. The van der Waals surface area contributed by atoms with Gasteiger partial charge < -0.3 is 9.80 Å². The maximum Gasteiger partial charge on any atom is 0.227 e. The van der Waals surface area contributed by atoms with Gasteiger partial charge in [-0.05, 0) is 46.5 Å². The van der Waals surface area contributed by atoms with Gasteiger partial charge in [-0.25, -0.2) is 0 Å². The predicted octanol–water partition coefficient (Wildman–Crippen LogP) is 3.89. The fourth-order valence-corrected chi connectivity index (χ4v) is 3.86. The Bertz CT molecular complexity index is 779. The van der Waals surface area contributed by atoms with Gasteiger partial charge in [0, 0.05) is 31.0 Å². The first-order valence-corrected chi connectivity index (χ1v) is 9.69. The lowest BCUT2D eigenvalue weighted by Crippen LogP contribution is -2.35. The lowest BCUT2D eigenvalue weighted by Gasteiger charge is -2.22. The number of aryl methyl sites for hydroxylation is 1.